The van der Waals surface area contributed by atoms with Gasteiger partial charge in [-0.1, -0.05) is 17.7 Å². The molecule has 0 aliphatic rings. The molecule has 0 heterocycles. The number of nitrogens with one attached hydrogen (secondary N) is 1. The van der Waals surface area contributed by atoms with E-state index in [0.717, 1.165) is 16.7 Å². The second-order valence-electron chi connectivity index (χ2n) is 5.20. The van der Waals surface area contributed by atoms with Crippen LogP contribution in [0.5, 0.6) is 0 Å². The molecule has 1 unspecified atom stereocenters. The molecule has 0 aromatic heterocycles. The zero-order valence-corrected chi connectivity index (χ0v) is 13.1. The van der Waals surface area contributed by atoms with E-state index in [-0.39, 0.29) is 17.7 Å². The Hall–Kier alpha value is -1.45. The first-order valence-electron chi connectivity index (χ1n) is 6.80. The van der Waals surface area contributed by atoms with Gasteiger partial charge >= 0.3 is 0 Å². The van der Waals surface area contributed by atoms with Crippen molar-refractivity contribution in [3.05, 3.63) is 69.2 Å². The number of hydrogen-bond donors (Lipinski definition) is 1. The molecule has 21 heavy (non-hydrogen) atoms. The Morgan fingerprint density at radius 1 is 1.14 bits per heavy atom. The van der Waals surface area contributed by atoms with Crippen molar-refractivity contribution in [2.75, 3.05) is 7.05 Å². The van der Waals surface area contributed by atoms with E-state index in [2.05, 4.69) is 5.32 Å². The summed E-state index contributed by atoms with van der Waals surface area (Å²) in [6, 6.07) is 7.53. The Morgan fingerprint density at radius 3 is 2.29 bits per heavy atom. The van der Waals surface area contributed by atoms with Gasteiger partial charge in [-0.25, -0.2) is 8.78 Å². The SMILES string of the molecule is CNC(Cc1c(F)cccc1Cl)c1c(C)cc(F)cc1C. The Morgan fingerprint density at radius 2 is 1.76 bits per heavy atom. The van der Waals surface area contributed by atoms with Gasteiger partial charge in [0.05, 0.1) is 0 Å². The van der Waals surface area contributed by atoms with Gasteiger partial charge in [0.15, 0.2) is 0 Å². The van der Waals surface area contributed by atoms with Crippen LogP contribution in [0.3, 0.4) is 0 Å². The lowest BCUT2D eigenvalue weighted by Crippen LogP contribution is -2.21. The summed E-state index contributed by atoms with van der Waals surface area (Å²) in [7, 11) is 1.81. The van der Waals surface area contributed by atoms with Gasteiger partial charge in [-0.15, -0.1) is 0 Å². The molecule has 1 nitrogen and oxygen atoms in total. The van der Waals surface area contributed by atoms with Crippen molar-refractivity contribution in [3.63, 3.8) is 0 Å². The molecule has 0 amide bonds. The van der Waals surface area contributed by atoms with E-state index in [1.54, 1.807) is 12.1 Å². The third-order valence-electron chi connectivity index (χ3n) is 3.73. The molecule has 0 bridgehead atoms. The van der Waals surface area contributed by atoms with E-state index in [1.165, 1.54) is 18.2 Å². The first-order valence-corrected chi connectivity index (χ1v) is 7.18. The smallest absolute Gasteiger partial charge is 0.127 e. The van der Waals surface area contributed by atoms with Crippen LogP contribution in [-0.2, 0) is 6.42 Å². The standard InChI is InChI=1S/C17H18ClF2N/c1-10-7-12(19)8-11(2)17(10)16(21-3)9-13-14(18)5-4-6-15(13)20/h4-8,16,21H,9H2,1-3H3. The molecular formula is C17H18ClF2N. The fraction of sp³-hybridized carbons (Fsp3) is 0.294. The van der Waals surface area contributed by atoms with Crippen molar-refractivity contribution in [3.8, 4) is 0 Å². The molecule has 1 atom stereocenters. The summed E-state index contributed by atoms with van der Waals surface area (Å²) in [6.45, 7) is 3.72. The number of aryl methyl sites for hydroxylation is 2. The second-order valence-corrected chi connectivity index (χ2v) is 5.61. The fourth-order valence-electron chi connectivity index (χ4n) is 2.75. The Bertz CT molecular complexity index is 612. The summed E-state index contributed by atoms with van der Waals surface area (Å²) in [5, 5.41) is 3.58. The molecule has 0 saturated carbocycles. The summed E-state index contributed by atoms with van der Waals surface area (Å²) >= 11 is 6.10. The van der Waals surface area contributed by atoms with Gasteiger partial charge in [-0.3, -0.25) is 0 Å². The highest BCUT2D eigenvalue weighted by atomic mass is 35.5. The maximum atomic E-state index is 14.0. The van der Waals surface area contributed by atoms with Crippen LogP contribution in [0.25, 0.3) is 0 Å². The third-order valence-corrected chi connectivity index (χ3v) is 4.08. The number of rotatable bonds is 4. The molecule has 4 heteroatoms. The van der Waals surface area contributed by atoms with Crippen molar-refractivity contribution in [1.82, 2.24) is 5.32 Å². The average Bonchev–Trinajstić information content (AvgIpc) is 2.39. The van der Waals surface area contributed by atoms with E-state index < -0.39 is 0 Å². The summed E-state index contributed by atoms with van der Waals surface area (Å²) in [4.78, 5) is 0. The lowest BCUT2D eigenvalue weighted by atomic mass is 9.91. The van der Waals surface area contributed by atoms with Gasteiger partial charge < -0.3 is 5.32 Å². The minimum absolute atomic E-state index is 0.125. The molecule has 0 radical (unpaired) electrons. The molecule has 2 aromatic carbocycles. The summed E-state index contributed by atoms with van der Waals surface area (Å²) in [5.74, 6) is -0.576. The first kappa shape index (κ1) is 15.9. The van der Waals surface area contributed by atoms with Gasteiger partial charge in [-0.05, 0) is 68.3 Å². The van der Waals surface area contributed by atoms with Gasteiger partial charge in [0.25, 0.3) is 0 Å². The summed E-state index contributed by atoms with van der Waals surface area (Å²) in [6.07, 6.45) is 0.412. The number of halogens is 3. The zero-order valence-electron chi connectivity index (χ0n) is 12.3. The lowest BCUT2D eigenvalue weighted by molar-refractivity contribution is 0.548. The number of likely N-dealkylation sites (N-methyl/N-ethyl adjacent to an activating group) is 1. The number of benzene rings is 2. The van der Waals surface area contributed by atoms with Gasteiger partial charge in [0.2, 0.25) is 0 Å². The quantitative estimate of drug-likeness (QED) is 0.860. The van der Waals surface area contributed by atoms with Crippen molar-refractivity contribution in [1.29, 1.82) is 0 Å². The van der Waals surface area contributed by atoms with E-state index in [1.807, 2.05) is 20.9 Å². The molecule has 2 aromatic rings. The third kappa shape index (κ3) is 3.42. The molecule has 0 saturated heterocycles. The predicted molar refractivity (Wildman–Crippen MR) is 82.8 cm³/mol. The van der Waals surface area contributed by atoms with Crippen molar-refractivity contribution in [2.24, 2.45) is 0 Å². The molecule has 0 aliphatic heterocycles. The van der Waals surface area contributed by atoms with Crippen LogP contribution in [0, 0.1) is 25.5 Å². The molecule has 0 aliphatic carbocycles. The highest BCUT2D eigenvalue weighted by Crippen LogP contribution is 2.29. The zero-order chi connectivity index (χ0) is 15.6. The molecule has 1 N–H and O–H groups in total. The van der Waals surface area contributed by atoms with E-state index in [0.29, 0.717) is 17.0 Å². The largest absolute Gasteiger partial charge is 0.313 e. The molecule has 0 fully saturated rings. The maximum Gasteiger partial charge on any atom is 0.127 e. The molecular weight excluding hydrogens is 292 g/mol. The first-order chi connectivity index (χ1) is 9.93. The van der Waals surface area contributed by atoms with E-state index >= 15 is 0 Å². The van der Waals surface area contributed by atoms with Crippen LogP contribution in [0.15, 0.2) is 30.3 Å². The van der Waals surface area contributed by atoms with E-state index in [9.17, 15) is 8.78 Å². The lowest BCUT2D eigenvalue weighted by Gasteiger charge is -2.22. The van der Waals surface area contributed by atoms with Crippen molar-refractivity contribution < 1.29 is 8.78 Å². The minimum Gasteiger partial charge on any atom is -0.313 e. The van der Waals surface area contributed by atoms with Crippen LogP contribution in [-0.4, -0.2) is 7.05 Å². The average molecular weight is 310 g/mol. The van der Waals surface area contributed by atoms with E-state index in [4.69, 9.17) is 11.6 Å². The Kier molecular flexibility index (Phi) is 4.96. The van der Waals surface area contributed by atoms with Crippen LogP contribution in [0.1, 0.15) is 28.3 Å². The van der Waals surface area contributed by atoms with Gasteiger partial charge in [-0.2, -0.15) is 0 Å². The fourth-order valence-corrected chi connectivity index (χ4v) is 2.99. The Balaban J connectivity index is 2.42. The van der Waals surface area contributed by atoms with Crippen LogP contribution in [0.4, 0.5) is 8.78 Å². The van der Waals surface area contributed by atoms with Crippen LogP contribution in [0.2, 0.25) is 5.02 Å². The summed E-state index contributed by atoms with van der Waals surface area (Å²) < 4.78 is 27.4. The highest BCUT2D eigenvalue weighted by Gasteiger charge is 2.19. The monoisotopic (exact) mass is 309 g/mol. The highest BCUT2D eigenvalue weighted by molar-refractivity contribution is 6.31. The molecule has 112 valence electrons. The van der Waals surface area contributed by atoms with Crippen LogP contribution >= 0.6 is 11.6 Å². The van der Waals surface area contributed by atoms with Gasteiger partial charge in [0.1, 0.15) is 11.6 Å². The maximum absolute atomic E-state index is 14.0. The van der Waals surface area contributed by atoms with Crippen molar-refractivity contribution in [2.45, 2.75) is 26.3 Å². The topological polar surface area (TPSA) is 12.0 Å². The second kappa shape index (κ2) is 6.54. The predicted octanol–water partition coefficient (Wildman–Crippen LogP) is 4.74. The minimum atomic E-state index is -0.319. The van der Waals surface area contributed by atoms with Gasteiger partial charge in [0, 0.05) is 16.6 Å². The number of hydrogen-bond acceptors (Lipinski definition) is 1. The van der Waals surface area contributed by atoms with Crippen molar-refractivity contribution >= 4 is 11.6 Å². The van der Waals surface area contributed by atoms with Crippen LogP contribution < -0.4 is 5.32 Å². The normalized spacial score (nSPS) is 12.5. The summed E-state index contributed by atoms with van der Waals surface area (Å²) in [5.41, 5.74) is 3.15. The molecule has 2 rings (SSSR count). The molecule has 0 spiro atoms. The Labute approximate surface area is 128 Å².